The van der Waals surface area contributed by atoms with Crippen LogP contribution in [-0.4, -0.2) is 55.5 Å². The molecule has 0 atom stereocenters. The topological polar surface area (TPSA) is 92.9 Å². The zero-order chi connectivity index (χ0) is 15.2. The number of rotatable bonds is 1. The largest absolute Gasteiger partial charge is 0.444 e. The van der Waals surface area contributed by atoms with E-state index in [2.05, 4.69) is 0 Å². The number of amides is 1. The number of piperidine rings is 1. The van der Waals surface area contributed by atoms with Crippen molar-refractivity contribution in [3.05, 3.63) is 0 Å². The van der Waals surface area contributed by atoms with E-state index in [0.717, 1.165) is 12.8 Å². The second-order valence-corrected chi connectivity index (χ2v) is 8.33. The molecule has 2 N–H and O–H groups in total. The smallest absolute Gasteiger partial charge is 0.410 e. The van der Waals surface area contributed by atoms with Gasteiger partial charge in [-0.15, -0.1) is 0 Å². The minimum Gasteiger partial charge on any atom is -0.444 e. The molecule has 0 aromatic heterocycles. The van der Waals surface area contributed by atoms with Crippen LogP contribution in [0.1, 0.15) is 33.6 Å². The van der Waals surface area contributed by atoms with E-state index in [1.54, 1.807) is 4.90 Å². The standard InChI is InChI=1S/C12H23N3O4S/c1-11(2,3)19-10(16)14-8-12(9-14)4-6-15(7-5-12)20(13,17)18/h4-9H2,1-3H3,(H2,13,17,18). The van der Waals surface area contributed by atoms with Gasteiger partial charge in [0.15, 0.2) is 0 Å². The first kappa shape index (κ1) is 15.5. The van der Waals surface area contributed by atoms with Crippen molar-refractivity contribution in [2.24, 2.45) is 10.6 Å². The number of hydrogen-bond acceptors (Lipinski definition) is 4. The molecular formula is C12H23N3O4S. The molecule has 8 heteroatoms. The van der Waals surface area contributed by atoms with E-state index in [1.807, 2.05) is 20.8 Å². The van der Waals surface area contributed by atoms with Crippen LogP contribution in [0.5, 0.6) is 0 Å². The van der Waals surface area contributed by atoms with Crippen molar-refractivity contribution in [3.8, 4) is 0 Å². The summed E-state index contributed by atoms with van der Waals surface area (Å²) >= 11 is 0. The lowest BCUT2D eigenvalue weighted by Crippen LogP contribution is -2.63. The zero-order valence-corrected chi connectivity index (χ0v) is 13.1. The third kappa shape index (κ3) is 3.42. The van der Waals surface area contributed by atoms with Crippen molar-refractivity contribution in [2.75, 3.05) is 26.2 Å². The van der Waals surface area contributed by atoms with Crippen LogP contribution in [0.15, 0.2) is 0 Å². The van der Waals surface area contributed by atoms with Gasteiger partial charge in [0.05, 0.1) is 0 Å². The van der Waals surface area contributed by atoms with E-state index in [9.17, 15) is 13.2 Å². The summed E-state index contributed by atoms with van der Waals surface area (Å²) in [6.07, 6.45) is 1.18. The van der Waals surface area contributed by atoms with Gasteiger partial charge in [-0.1, -0.05) is 0 Å². The summed E-state index contributed by atoms with van der Waals surface area (Å²) in [6, 6.07) is 0. The van der Waals surface area contributed by atoms with Gasteiger partial charge in [-0.25, -0.2) is 9.93 Å². The molecule has 0 aromatic rings. The molecule has 7 nitrogen and oxygen atoms in total. The molecule has 0 radical (unpaired) electrons. The van der Waals surface area contributed by atoms with Crippen LogP contribution in [0, 0.1) is 5.41 Å². The van der Waals surface area contributed by atoms with Crippen molar-refractivity contribution in [3.63, 3.8) is 0 Å². The molecule has 1 amide bonds. The molecule has 1 spiro atoms. The van der Waals surface area contributed by atoms with Crippen molar-refractivity contribution < 1.29 is 17.9 Å². The molecule has 2 rings (SSSR count). The molecule has 0 bridgehead atoms. The number of nitrogens with two attached hydrogens (primary N) is 1. The van der Waals surface area contributed by atoms with Gasteiger partial charge in [0.1, 0.15) is 5.60 Å². The van der Waals surface area contributed by atoms with Crippen molar-refractivity contribution in [1.82, 2.24) is 9.21 Å². The van der Waals surface area contributed by atoms with Crippen LogP contribution < -0.4 is 5.14 Å². The Hall–Kier alpha value is -0.860. The molecule has 2 heterocycles. The Kier molecular flexibility index (Phi) is 3.77. The molecule has 20 heavy (non-hydrogen) atoms. The SMILES string of the molecule is CC(C)(C)OC(=O)N1CC2(CCN(S(N)(=O)=O)CC2)C1. The Balaban J connectivity index is 1.84. The highest BCUT2D eigenvalue weighted by atomic mass is 32.2. The summed E-state index contributed by atoms with van der Waals surface area (Å²) in [6.45, 7) is 7.66. The summed E-state index contributed by atoms with van der Waals surface area (Å²) in [5.41, 5.74) is -0.449. The molecule has 116 valence electrons. The number of ether oxygens (including phenoxy) is 1. The van der Waals surface area contributed by atoms with E-state index in [-0.39, 0.29) is 11.5 Å². The molecule has 2 aliphatic heterocycles. The van der Waals surface area contributed by atoms with E-state index >= 15 is 0 Å². The van der Waals surface area contributed by atoms with Crippen LogP contribution in [0.2, 0.25) is 0 Å². The van der Waals surface area contributed by atoms with Crippen LogP contribution in [0.3, 0.4) is 0 Å². The Labute approximate surface area is 120 Å². The van der Waals surface area contributed by atoms with Gasteiger partial charge in [0.2, 0.25) is 0 Å². The lowest BCUT2D eigenvalue weighted by molar-refractivity contribution is -0.0521. The van der Waals surface area contributed by atoms with Crippen LogP contribution in [0.4, 0.5) is 4.79 Å². The van der Waals surface area contributed by atoms with E-state index in [4.69, 9.17) is 9.88 Å². The van der Waals surface area contributed by atoms with Gasteiger partial charge >= 0.3 is 6.09 Å². The molecule has 0 aliphatic carbocycles. The first-order chi connectivity index (χ1) is 9.01. The van der Waals surface area contributed by atoms with Crippen LogP contribution in [-0.2, 0) is 14.9 Å². The highest BCUT2D eigenvalue weighted by molar-refractivity contribution is 7.86. The minimum absolute atomic E-state index is 0.0398. The van der Waals surface area contributed by atoms with Gasteiger partial charge in [0.25, 0.3) is 10.2 Å². The monoisotopic (exact) mass is 305 g/mol. The maximum Gasteiger partial charge on any atom is 0.410 e. The van der Waals surface area contributed by atoms with Crippen molar-refractivity contribution >= 4 is 16.3 Å². The molecule has 0 aromatic carbocycles. The fraction of sp³-hybridized carbons (Fsp3) is 0.917. The third-order valence-electron chi connectivity index (χ3n) is 3.85. The van der Waals surface area contributed by atoms with Gasteiger partial charge in [-0.2, -0.15) is 12.7 Å². The predicted molar refractivity (Wildman–Crippen MR) is 74.2 cm³/mol. The van der Waals surface area contributed by atoms with Crippen molar-refractivity contribution in [1.29, 1.82) is 0 Å². The van der Waals surface area contributed by atoms with Gasteiger partial charge in [0, 0.05) is 31.6 Å². The number of carbonyl (C=O) groups is 1. The first-order valence-corrected chi connectivity index (χ1v) is 8.27. The lowest BCUT2D eigenvalue weighted by Gasteiger charge is -2.53. The summed E-state index contributed by atoms with van der Waals surface area (Å²) in [5.74, 6) is 0. The lowest BCUT2D eigenvalue weighted by atomic mass is 9.72. The molecule has 2 aliphatic rings. The maximum absolute atomic E-state index is 11.9. The average molecular weight is 305 g/mol. The molecule has 0 unspecified atom stereocenters. The Bertz CT molecular complexity index is 481. The third-order valence-corrected chi connectivity index (χ3v) is 4.93. The first-order valence-electron chi connectivity index (χ1n) is 6.77. The quantitative estimate of drug-likeness (QED) is 0.764. The Morgan fingerprint density at radius 2 is 1.70 bits per heavy atom. The second-order valence-electron chi connectivity index (χ2n) is 6.78. The summed E-state index contributed by atoms with van der Waals surface area (Å²) in [4.78, 5) is 13.5. The maximum atomic E-state index is 11.9. The van der Waals surface area contributed by atoms with Crippen molar-refractivity contribution in [2.45, 2.75) is 39.2 Å². The fourth-order valence-electron chi connectivity index (χ4n) is 2.75. The molecule has 2 fully saturated rings. The molecule has 0 saturated carbocycles. The zero-order valence-electron chi connectivity index (χ0n) is 12.3. The van der Waals surface area contributed by atoms with Gasteiger partial charge < -0.3 is 9.64 Å². The predicted octanol–water partition coefficient (Wildman–Crippen LogP) is 0.523. The Morgan fingerprint density at radius 1 is 1.20 bits per heavy atom. The van der Waals surface area contributed by atoms with E-state index < -0.39 is 15.8 Å². The van der Waals surface area contributed by atoms with E-state index in [0.29, 0.717) is 26.2 Å². The Morgan fingerprint density at radius 3 is 2.10 bits per heavy atom. The normalized spacial score (nSPS) is 23.5. The highest BCUT2D eigenvalue weighted by Gasteiger charge is 2.48. The van der Waals surface area contributed by atoms with Crippen LogP contribution >= 0.6 is 0 Å². The van der Waals surface area contributed by atoms with Crippen LogP contribution in [0.25, 0.3) is 0 Å². The minimum atomic E-state index is -3.59. The number of likely N-dealkylation sites (tertiary alicyclic amines) is 1. The number of carbonyl (C=O) groups excluding carboxylic acids is 1. The molecule has 2 saturated heterocycles. The van der Waals surface area contributed by atoms with Gasteiger partial charge in [-0.05, 0) is 33.6 Å². The number of hydrogen-bond donors (Lipinski definition) is 1. The summed E-state index contributed by atoms with van der Waals surface area (Å²) in [5, 5.41) is 5.12. The fourth-order valence-corrected chi connectivity index (χ4v) is 3.44. The average Bonchev–Trinajstić information content (AvgIpc) is 2.22. The highest BCUT2D eigenvalue weighted by Crippen LogP contribution is 2.41. The molecular weight excluding hydrogens is 282 g/mol. The second kappa shape index (κ2) is 4.85. The van der Waals surface area contributed by atoms with Gasteiger partial charge in [-0.3, -0.25) is 0 Å². The van der Waals surface area contributed by atoms with E-state index in [1.165, 1.54) is 4.31 Å². The summed E-state index contributed by atoms with van der Waals surface area (Å²) < 4.78 is 29.1. The summed E-state index contributed by atoms with van der Waals surface area (Å²) in [7, 11) is -3.59. The number of nitrogens with zero attached hydrogens (tertiary/aromatic N) is 2.